The Bertz CT molecular complexity index is 1530. The zero-order valence-corrected chi connectivity index (χ0v) is 22.0. The Morgan fingerprint density at radius 2 is 1.89 bits per heavy atom. The molecule has 1 aliphatic rings. The normalized spacial score (nSPS) is 17.1. The average molecular weight is 533 g/mol. The molecule has 1 unspecified atom stereocenters. The van der Waals surface area contributed by atoms with E-state index in [-0.39, 0.29) is 11.3 Å². The van der Waals surface area contributed by atoms with Crippen LogP contribution in [0.5, 0.6) is 5.75 Å². The number of hydrogen-bond acceptors (Lipinski definition) is 6. The Labute approximate surface area is 223 Å². The number of amides is 1. The van der Waals surface area contributed by atoms with Gasteiger partial charge in [-0.2, -0.15) is 0 Å². The highest BCUT2D eigenvalue weighted by molar-refractivity contribution is 7.22. The minimum absolute atomic E-state index is 0.00605. The molecule has 1 fully saturated rings. The van der Waals surface area contributed by atoms with Gasteiger partial charge in [0.25, 0.3) is 5.78 Å². The van der Waals surface area contributed by atoms with Crippen LogP contribution < -0.4 is 9.64 Å². The Morgan fingerprint density at radius 3 is 2.65 bits per heavy atom. The standard InChI is InChI=1S/C29H25ClN2O4S/c1-3-4-14-36-21-7-5-6-19(16-21)26(33)24-25(18-9-11-20(30)12-10-18)32(28(35)27(24)34)29-31-22-13-8-17(2)15-23(22)37-29/h5-13,15-16,25,33H,3-4,14H2,1-2H3. The van der Waals surface area contributed by atoms with Crippen molar-refractivity contribution in [3.63, 3.8) is 0 Å². The molecule has 5 rings (SSSR count). The lowest BCUT2D eigenvalue weighted by Gasteiger charge is -2.23. The smallest absolute Gasteiger partial charge is 0.301 e. The van der Waals surface area contributed by atoms with Gasteiger partial charge in [-0.15, -0.1) is 0 Å². The highest BCUT2D eigenvalue weighted by atomic mass is 35.5. The number of fused-ring (bicyclic) bond motifs is 1. The molecule has 8 heteroatoms. The van der Waals surface area contributed by atoms with Gasteiger partial charge in [-0.25, -0.2) is 4.98 Å². The molecule has 37 heavy (non-hydrogen) atoms. The van der Waals surface area contributed by atoms with Crippen LogP contribution in [0.25, 0.3) is 16.0 Å². The van der Waals surface area contributed by atoms with E-state index < -0.39 is 17.7 Å². The van der Waals surface area contributed by atoms with Crippen molar-refractivity contribution in [1.29, 1.82) is 0 Å². The molecule has 188 valence electrons. The molecule has 3 aromatic carbocycles. The van der Waals surface area contributed by atoms with Crippen molar-refractivity contribution in [2.75, 3.05) is 11.5 Å². The van der Waals surface area contributed by atoms with Crippen LogP contribution in [0, 0.1) is 6.92 Å². The number of ether oxygens (including phenoxy) is 1. The summed E-state index contributed by atoms with van der Waals surface area (Å²) < 4.78 is 6.69. The monoisotopic (exact) mass is 532 g/mol. The van der Waals surface area contributed by atoms with E-state index in [4.69, 9.17) is 16.3 Å². The zero-order chi connectivity index (χ0) is 26.1. The predicted molar refractivity (Wildman–Crippen MR) is 147 cm³/mol. The maximum Gasteiger partial charge on any atom is 0.301 e. The summed E-state index contributed by atoms with van der Waals surface area (Å²) in [5, 5.41) is 12.3. The number of aromatic nitrogens is 1. The number of aliphatic hydroxyl groups excluding tert-OH is 1. The topological polar surface area (TPSA) is 79.7 Å². The van der Waals surface area contributed by atoms with Crippen LogP contribution in [0.4, 0.5) is 5.13 Å². The summed E-state index contributed by atoms with van der Waals surface area (Å²) in [7, 11) is 0. The number of rotatable bonds is 7. The molecule has 0 radical (unpaired) electrons. The lowest BCUT2D eigenvalue weighted by molar-refractivity contribution is -0.132. The molecule has 4 aromatic rings. The van der Waals surface area contributed by atoms with Gasteiger partial charge in [0.05, 0.1) is 28.4 Å². The minimum Gasteiger partial charge on any atom is -0.507 e. The van der Waals surface area contributed by atoms with Gasteiger partial charge in [-0.05, 0) is 60.9 Å². The molecule has 1 aromatic heterocycles. The van der Waals surface area contributed by atoms with Crippen molar-refractivity contribution in [1.82, 2.24) is 4.98 Å². The van der Waals surface area contributed by atoms with Crippen LogP contribution in [-0.4, -0.2) is 28.4 Å². The number of carbonyl (C=O) groups is 2. The molecule has 1 saturated heterocycles. The fraction of sp³-hybridized carbons (Fsp3) is 0.207. The summed E-state index contributed by atoms with van der Waals surface area (Å²) in [5.41, 5.74) is 2.83. The largest absolute Gasteiger partial charge is 0.507 e. The van der Waals surface area contributed by atoms with E-state index in [2.05, 4.69) is 11.9 Å². The van der Waals surface area contributed by atoms with E-state index in [0.29, 0.717) is 33.6 Å². The minimum atomic E-state index is -0.872. The summed E-state index contributed by atoms with van der Waals surface area (Å²) in [6.45, 7) is 4.61. The van der Waals surface area contributed by atoms with Crippen LogP contribution >= 0.6 is 22.9 Å². The van der Waals surface area contributed by atoms with Gasteiger partial charge in [0.15, 0.2) is 5.13 Å². The van der Waals surface area contributed by atoms with Crippen LogP contribution in [0.2, 0.25) is 5.02 Å². The molecule has 6 nitrogen and oxygen atoms in total. The average Bonchev–Trinajstić information content (AvgIpc) is 3.42. The van der Waals surface area contributed by atoms with Crippen LogP contribution in [0.3, 0.4) is 0 Å². The number of aryl methyl sites for hydroxylation is 1. The van der Waals surface area contributed by atoms with Gasteiger partial charge >= 0.3 is 5.91 Å². The van der Waals surface area contributed by atoms with Gasteiger partial charge in [0.1, 0.15) is 11.5 Å². The second-order valence-corrected chi connectivity index (χ2v) is 10.4. The number of nitrogens with zero attached hydrogens (tertiary/aromatic N) is 2. The third kappa shape index (κ3) is 4.84. The van der Waals surface area contributed by atoms with Crippen molar-refractivity contribution in [2.24, 2.45) is 0 Å². The van der Waals surface area contributed by atoms with Crippen molar-refractivity contribution in [3.8, 4) is 5.75 Å². The fourth-order valence-corrected chi connectivity index (χ4v) is 5.55. The molecule has 0 spiro atoms. The molecule has 1 aliphatic heterocycles. The van der Waals surface area contributed by atoms with E-state index in [9.17, 15) is 14.7 Å². The van der Waals surface area contributed by atoms with Crippen molar-refractivity contribution >= 4 is 55.7 Å². The van der Waals surface area contributed by atoms with Crippen LogP contribution in [0.1, 0.15) is 42.5 Å². The number of benzene rings is 3. The zero-order valence-electron chi connectivity index (χ0n) is 20.4. The molecular formula is C29H25ClN2O4S. The second kappa shape index (κ2) is 10.4. The molecule has 1 amide bonds. The summed E-state index contributed by atoms with van der Waals surface area (Å²) in [5.74, 6) is -1.20. The first-order valence-corrected chi connectivity index (χ1v) is 13.2. The summed E-state index contributed by atoms with van der Waals surface area (Å²) in [4.78, 5) is 32.9. The van der Waals surface area contributed by atoms with Crippen LogP contribution in [0.15, 0.2) is 72.3 Å². The lowest BCUT2D eigenvalue weighted by Crippen LogP contribution is -2.29. The quantitative estimate of drug-likeness (QED) is 0.119. The molecule has 1 atom stereocenters. The fourth-order valence-electron chi connectivity index (χ4n) is 4.34. The number of aliphatic hydroxyl groups is 1. The van der Waals surface area contributed by atoms with E-state index in [1.54, 1.807) is 48.5 Å². The van der Waals surface area contributed by atoms with Crippen LogP contribution in [-0.2, 0) is 9.59 Å². The summed E-state index contributed by atoms with van der Waals surface area (Å²) in [6, 6.07) is 18.8. The van der Waals surface area contributed by atoms with Crippen molar-refractivity contribution < 1.29 is 19.4 Å². The number of hydrogen-bond donors (Lipinski definition) is 1. The number of unbranched alkanes of at least 4 members (excludes halogenated alkanes) is 1. The first-order valence-electron chi connectivity index (χ1n) is 12.0. The number of halogens is 1. The van der Waals surface area contributed by atoms with Gasteiger partial charge < -0.3 is 9.84 Å². The number of ketones is 1. The van der Waals surface area contributed by atoms with Gasteiger partial charge in [0.2, 0.25) is 0 Å². The third-order valence-electron chi connectivity index (χ3n) is 6.24. The number of carbonyl (C=O) groups excluding carboxylic acids is 2. The van der Waals surface area contributed by atoms with E-state index in [1.807, 2.05) is 25.1 Å². The highest BCUT2D eigenvalue weighted by Gasteiger charge is 2.48. The molecular weight excluding hydrogens is 508 g/mol. The van der Waals surface area contributed by atoms with E-state index >= 15 is 0 Å². The van der Waals surface area contributed by atoms with Crippen molar-refractivity contribution in [3.05, 3.63) is 94.0 Å². The number of thiazole rings is 1. The molecule has 0 aliphatic carbocycles. The highest BCUT2D eigenvalue weighted by Crippen LogP contribution is 2.44. The first kappa shape index (κ1) is 25.0. The molecule has 2 heterocycles. The summed E-state index contributed by atoms with van der Waals surface area (Å²) >= 11 is 7.46. The van der Waals surface area contributed by atoms with E-state index in [0.717, 1.165) is 28.6 Å². The Kier molecular flexibility index (Phi) is 7.00. The Balaban J connectivity index is 1.64. The maximum atomic E-state index is 13.4. The second-order valence-electron chi connectivity index (χ2n) is 8.92. The van der Waals surface area contributed by atoms with Gasteiger partial charge in [0, 0.05) is 10.6 Å². The lowest BCUT2D eigenvalue weighted by atomic mass is 9.95. The maximum absolute atomic E-state index is 13.4. The first-order chi connectivity index (χ1) is 17.9. The predicted octanol–water partition coefficient (Wildman–Crippen LogP) is 7.06. The third-order valence-corrected chi connectivity index (χ3v) is 7.51. The Morgan fingerprint density at radius 1 is 1.11 bits per heavy atom. The van der Waals surface area contributed by atoms with Gasteiger partial charge in [-0.3, -0.25) is 14.5 Å². The van der Waals surface area contributed by atoms with Crippen molar-refractivity contribution in [2.45, 2.75) is 32.7 Å². The molecule has 1 N–H and O–H groups in total. The SMILES string of the molecule is CCCCOc1cccc(C(O)=C2C(=O)C(=O)N(c3nc4ccc(C)cc4s3)C2c2ccc(Cl)cc2)c1. The summed E-state index contributed by atoms with van der Waals surface area (Å²) in [6.07, 6.45) is 1.90. The van der Waals surface area contributed by atoms with E-state index in [1.165, 1.54) is 16.2 Å². The number of anilines is 1. The van der Waals surface area contributed by atoms with Gasteiger partial charge in [-0.1, -0.05) is 66.6 Å². The Hall–Kier alpha value is -3.68. The molecule has 0 bridgehead atoms. The number of Topliss-reactive ketones (excluding diaryl/α,β-unsaturated/α-hetero) is 1. The molecule has 0 saturated carbocycles.